The lowest BCUT2D eigenvalue weighted by Gasteiger charge is -2.45. The monoisotopic (exact) mass is 330 g/mol. The third-order valence-corrected chi connectivity index (χ3v) is 4.91. The zero-order valence-corrected chi connectivity index (χ0v) is 13.2. The summed E-state index contributed by atoms with van der Waals surface area (Å²) in [6.45, 7) is -0.0891. The first-order valence-electron chi connectivity index (χ1n) is 7.66. The predicted octanol–water partition coefficient (Wildman–Crippen LogP) is -0.0178. The van der Waals surface area contributed by atoms with Crippen molar-refractivity contribution in [3.05, 3.63) is 0 Å². The zero-order valence-electron chi connectivity index (χ0n) is 12.4. The second kappa shape index (κ2) is 6.83. The Bertz CT molecular complexity index is 459. The van der Waals surface area contributed by atoms with E-state index in [9.17, 15) is 14.4 Å². The van der Waals surface area contributed by atoms with Crippen molar-refractivity contribution in [2.75, 3.05) is 13.1 Å². The lowest BCUT2D eigenvalue weighted by molar-refractivity contribution is -0.124. The van der Waals surface area contributed by atoms with Gasteiger partial charge in [0.05, 0.1) is 0 Å². The van der Waals surface area contributed by atoms with E-state index in [1.165, 1.54) is 11.3 Å². The van der Waals surface area contributed by atoms with Gasteiger partial charge in [-0.15, -0.1) is 12.4 Å². The van der Waals surface area contributed by atoms with Crippen LogP contribution in [0.1, 0.15) is 32.1 Å². The summed E-state index contributed by atoms with van der Waals surface area (Å²) in [6.07, 6.45) is 5.35. The predicted molar refractivity (Wildman–Crippen MR) is 82.3 cm³/mol. The van der Waals surface area contributed by atoms with E-state index >= 15 is 0 Å². The number of urea groups is 1. The van der Waals surface area contributed by atoms with Gasteiger partial charge < -0.3 is 16.0 Å². The van der Waals surface area contributed by atoms with E-state index in [0.717, 1.165) is 25.7 Å². The number of hydrogen-bond donors (Lipinski definition) is 3. The Balaban J connectivity index is 0.00000176. The maximum atomic E-state index is 12.2. The molecule has 1 aliphatic heterocycles. The summed E-state index contributed by atoms with van der Waals surface area (Å²) >= 11 is 0. The standard InChI is InChI=1S/C14H22N4O3.ClH/c15-10-4-8-2-1-3-9(5-10)13(8)16-11(19)6-18-7-12(20)17-14(18)21;/h8-10,13H,1-7,15H2,(H,16,19)(H,17,20,21);1H. The van der Waals surface area contributed by atoms with Gasteiger partial charge in [0, 0.05) is 12.1 Å². The van der Waals surface area contributed by atoms with E-state index < -0.39 is 6.03 Å². The molecule has 2 atom stereocenters. The average molecular weight is 331 g/mol. The third kappa shape index (κ3) is 3.52. The Kier molecular flexibility index (Phi) is 5.28. The van der Waals surface area contributed by atoms with Crippen LogP contribution in [-0.2, 0) is 9.59 Å². The number of nitrogens with one attached hydrogen (secondary N) is 2. The number of amides is 4. The molecule has 0 aromatic carbocycles. The van der Waals surface area contributed by atoms with Gasteiger partial charge in [0.2, 0.25) is 11.8 Å². The van der Waals surface area contributed by atoms with Crippen LogP contribution >= 0.6 is 12.4 Å². The SMILES string of the molecule is Cl.NC1CC2CCCC(C1)C2NC(=O)CN1CC(=O)NC1=O. The van der Waals surface area contributed by atoms with Crippen LogP contribution in [0.15, 0.2) is 0 Å². The molecule has 7 nitrogen and oxygen atoms in total. The number of nitrogens with zero attached hydrogens (tertiary/aromatic N) is 1. The highest BCUT2D eigenvalue weighted by molar-refractivity contribution is 6.03. The van der Waals surface area contributed by atoms with Crippen LogP contribution < -0.4 is 16.4 Å². The highest BCUT2D eigenvalue weighted by Gasteiger charge is 2.40. The number of imide groups is 1. The molecule has 0 aromatic rings. The fourth-order valence-corrected chi connectivity index (χ4v) is 4.04. The first kappa shape index (κ1) is 17.0. The second-order valence-electron chi connectivity index (χ2n) is 6.49. The Morgan fingerprint density at radius 2 is 1.91 bits per heavy atom. The maximum Gasteiger partial charge on any atom is 0.325 e. The summed E-state index contributed by atoms with van der Waals surface area (Å²) in [6, 6.07) is -0.0659. The summed E-state index contributed by atoms with van der Waals surface area (Å²) in [5.41, 5.74) is 6.07. The summed E-state index contributed by atoms with van der Waals surface area (Å²) < 4.78 is 0. The Hall–Kier alpha value is -1.34. The van der Waals surface area contributed by atoms with Crippen molar-refractivity contribution < 1.29 is 14.4 Å². The normalized spacial score (nSPS) is 34.0. The minimum Gasteiger partial charge on any atom is -0.351 e. The van der Waals surface area contributed by atoms with Gasteiger partial charge in [0.25, 0.3) is 0 Å². The number of fused-ring (bicyclic) bond motifs is 2. The smallest absolute Gasteiger partial charge is 0.325 e. The van der Waals surface area contributed by atoms with Crippen LogP contribution in [0.5, 0.6) is 0 Å². The van der Waals surface area contributed by atoms with Crippen molar-refractivity contribution in [2.45, 2.75) is 44.2 Å². The van der Waals surface area contributed by atoms with E-state index in [1.54, 1.807) is 0 Å². The molecule has 2 aliphatic carbocycles. The highest BCUT2D eigenvalue weighted by atomic mass is 35.5. The molecule has 2 bridgehead atoms. The van der Waals surface area contributed by atoms with Crippen molar-refractivity contribution >= 4 is 30.3 Å². The van der Waals surface area contributed by atoms with Gasteiger partial charge in [0.1, 0.15) is 13.1 Å². The van der Waals surface area contributed by atoms with Crippen molar-refractivity contribution in [3.8, 4) is 0 Å². The number of carbonyl (C=O) groups is 3. The van der Waals surface area contributed by atoms with Crippen LogP contribution in [0, 0.1) is 11.8 Å². The van der Waals surface area contributed by atoms with Gasteiger partial charge in [-0.1, -0.05) is 6.42 Å². The molecule has 124 valence electrons. The van der Waals surface area contributed by atoms with Crippen LogP contribution in [0.25, 0.3) is 0 Å². The fraction of sp³-hybridized carbons (Fsp3) is 0.786. The summed E-state index contributed by atoms with van der Waals surface area (Å²) in [5.74, 6) is 0.363. The molecule has 3 aliphatic rings. The molecule has 0 spiro atoms. The Morgan fingerprint density at radius 1 is 1.27 bits per heavy atom. The second-order valence-corrected chi connectivity index (χ2v) is 6.49. The van der Waals surface area contributed by atoms with Gasteiger partial charge in [-0.2, -0.15) is 0 Å². The zero-order chi connectivity index (χ0) is 15.0. The van der Waals surface area contributed by atoms with E-state index in [4.69, 9.17) is 5.73 Å². The van der Waals surface area contributed by atoms with Crippen molar-refractivity contribution in [3.63, 3.8) is 0 Å². The third-order valence-electron chi connectivity index (χ3n) is 4.91. The molecule has 22 heavy (non-hydrogen) atoms. The van der Waals surface area contributed by atoms with Crippen molar-refractivity contribution in [2.24, 2.45) is 17.6 Å². The average Bonchev–Trinajstić information content (AvgIpc) is 2.69. The van der Waals surface area contributed by atoms with Gasteiger partial charge >= 0.3 is 6.03 Å². The van der Waals surface area contributed by atoms with Gasteiger partial charge in [-0.05, 0) is 37.5 Å². The molecule has 2 unspecified atom stereocenters. The topological polar surface area (TPSA) is 105 Å². The lowest BCUT2D eigenvalue weighted by Crippen LogP contribution is -2.55. The fourth-order valence-electron chi connectivity index (χ4n) is 4.04. The van der Waals surface area contributed by atoms with Crippen LogP contribution in [0.2, 0.25) is 0 Å². The molecular weight excluding hydrogens is 308 g/mol. The summed E-state index contributed by atoms with van der Waals surface area (Å²) in [4.78, 5) is 36.0. The van der Waals surface area contributed by atoms with Gasteiger partial charge in [0.15, 0.2) is 0 Å². The van der Waals surface area contributed by atoms with E-state index in [-0.39, 0.29) is 49.4 Å². The van der Waals surface area contributed by atoms with Crippen LogP contribution in [0.4, 0.5) is 4.79 Å². The number of nitrogens with two attached hydrogens (primary N) is 1. The Morgan fingerprint density at radius 3 is 2.45 bits per heavy atom. The first-order valence-corrected chi connectivity index (χ1v) is 7.66. The minimum absolute atomic E-state index is 0. The minimum atomic E-state index is -0.485. The Labute approximate surface area is 135 Å². The first-order chi connectivity index (χ1) is 10.0. The molecule has 1 saturated heterocycles. The number of rotatable bonds is 3. The largest absolute Gasteiger partial charge is 0.351 e. The van der Waals surface area contributed by atoms with Crippen molar-refractivity contribution in [1.82, 2.24) is 15.5 Å². The lowest BCUT2D eigenvalue weighted by atomic mass is 9.67. The van der Waals surface area contributed by atoms with E-state index in [2.05, 4.69) is 10.6 Å². The van der Waals surface area contributed by atoms with Gasteiger partial charge in [-0.25, -0.2) is 4.79 Å². The van der Waals surface area contributed by atoms with Gasteiger partial charge in [-0.3, -0.25) is 14.9 Å². The van der Waals surface area contributed by atoms with Crippen LogP contribution in [0.3, 0.4) is 0 Å². The summed E-state index contributed by atoms with van der Waals surface area (Å²) in [7, 11) is 0. The molecule has 1 heterocycles. The number of halogens is 1. The van der Waals surface area contributed by atoms with Crippen LogP contribution in [-0.4, -0.2) is 47.9 Å². The summed E-state index contributed by atoms with van der Waals surface area (Å²) in [5, 5.41) is 5.25. The molecule has 4 amide bonds. The number of carbonyl (C=O) groups excluding carboxylic acids is 3. The maximum absolute atomic E-state index is 12.2. The quantitative estimate of drug-likeness (QED) is 0.633. The molecular formula is C14H23ClN4O3. The van der Waals surface area contributed by atoms with Crippen molar-refractivity contribution in [1.29, 1.82) is 0 Å². The molecule has 2 saturated carbocycles. The molecule has 8 heteroatoms. The highest BCUT2D eigenvalue weighted by Crippen LogP contribution is 2.39. The molecule has 3 rings (SSSR count). The van der Waals surface area contributed by atoms with E-state index in [0.29, 0.717) is 11.8 Å². The molecule has 3 fully saturated rings. The number of hydrogen-bond acceptors (Lipinski definition) is 4. The molecule has 0 aromatic heterocycles. The van der Waals surface area contributed by atoms with E-state index in [1.807, 2.05) is 0 Å². The molecule has 4 N–H and O–H groups in total. The molecule has 0 radical (unpaired) electrons.